The molecule has 0 unspecified atom stereocenters. The van der Waals surface area contributed by atoms with Gasteiger partial charge >= 0.3 is 0 Å². The lowest BCUT2D eigenvalue weighted by molar-refractivity contribution is -0.131. The Morgan fingerprint density at radius 2 is 2.10 bits per heavy atom. The Balaban J connectivity index is 1.69. The molecule has 0 atom stereocenters. The van der Waals surface area contributed by atoms with E-state index in [1.807, 2.05) is 42.3 Å². The first kappa shape index (κ1) is 14.0. The average molecular weight is 302 g/mol. The first-order valence-electron chi connectivity index (χ1n) is 6.95. The molecule has 5 heteroatoms. The molecular formula is C16H16ClN3O. The van der Waals surface area contributed by atoms with Crippen molar-refractivity contribution >= 4 is 17.5 Å². The van der Waals surface area contributed by atoms with E-state index in [-0.39, 0.29) is 5.91 Å². The summed E-state index contributed by atoms with van der Waals surface area (Å²) in [5, 5.41) is 0.686. The van der Waals surface area contributed by atoms with E-state index in [9.17, 15) is 4.79 Å². The maximum absolute atomic E-state index is 12.4. The van der Waals surface area contributed by atoms with Gasteiger partial charge in [-0.15, -0.1) is 0 Å². The average Bonchev–Trinajstić information content (AvgIpc) is 2.49. The van der Waals surface area contributed by atoms with E-state index < -0.39 is 0 Å². The highest BCUT2D eigenvalue weighted by atomic mass is 35.5. The Labute approximate surface area is 128 Å². The highest BCUT2D eigenvalue weighted by Crippen LogP contribution is 2.18. The summed E-state index contributed by atoms with van der Waals surface area (Å²) in [5.41, 5.74) is 3.10. The number of amides is 1. The van der Waals surface area contributed by atoms with Crippen LogP contribution in [0.15, 0.2) is 30.5 Å². The minimum absolute atomic E-state index is 0.128. The molecule has 0 saturated heterocycles. The topological polar surface area (TPSA) is 46.1 Å². The van der Waals surface area contributed by atoms with Crippen LogP contribution in [-0.4, -0.2) is 27.3 Å². The second kappa shape index (κ2) is 5.82. The van der Waals surface area contributed by atoms with E-state index in [4.69, 9.17) is 11.6 Å². The predicted octanol–water partition coefficient (Wildman–Crippen LogP) is 2.57. The fraction of sp³-hybridized carbons (Fsp3) is 0.312. The quantitative estimate of drug-likeness (QED) is 0.856. The summed E-state index contributed by atoms with van der Waals surface area (Å²) in [6.07, 6.45) is 3.03. The van der Waals surface area contributed by atoms with E-state index in [0.29, 0.717) is 18.0 Å². The van der Waals surface area contributed by atoms with Crippen molar-refractivity contribution in [2.24, 2.45) is 0 Å². The highest BCUT2D eigenvalue weighted by molar-refractivity contribution is 6.30. The van der Waals surface area contributed by atoms with Crippen LogP contribution < -0.4 is 0 Å². The van der Waals surface area contributed by atoms with Crippen molar-refractivity contribution in [1.82, 2.24) is 14.9 Å². The SMILES string of the molecule is Cc1ncc2c(n1)CCN(C(=O)Cc1ccc(Cl)cc1)C2. The van der Waals surface area contributed by atoms with Crippen molar-refractivity contribution in [2.75, 3.05) is 6.54 Å². The molecule has 108 valence electrons. The van der Waals surface area contributed by atoms with Gasteiger partial charge in [0.05, 0.1) is 12.1 Å². The number of hydrogen-bond donors (Lipinski definition) is 0. The molecule has 0 N–H and O–H groups in total. The summed E-state index contributed by atoms with van der Waals surface area (Å²) in [6, 6.07) is 7.41. The summed E-state index contributed by atoms with van der Waals surface area (Å²) in [5.74, 6) is 0.915. The van der Waals surface area contributed by atoms with E-state index in [2.05, 4.69) is 9.97 Å². The normalized spacial score (nSPS) is 13.9. The summed E-state index contributed by atoms with van der Waals surface area (Å²) in [4.78, 5) is 22.9. The Morgan fingerprint density at radius 3 is 2.86 bits per heavy atom. The summed E-state index contributed by atoms with van der Waals surface area (Å²) in [6.45, 7) is 3.20. The highest BCUT2D eigenvalue weighted by Gasteiger charge is 2.21. The summed E-state index contributed by atoms with van der Waals surface area (Å²) in [7, 11) is 0. The number of fused-ring (bicyclic) bond motifs is 1. The van der Waals surface area contributed by atoms with Crippen molar-refractivity contribution in [2.45, 2.75) is 26.3 Å². The lowest BCUT2D eigenvalue weighted by Crippen LogP contribution is -2.37. The third kappa shape index (κ3) is 3.22. The van der Waals surface area contributed by atoms with Gasteiger partial charge in [0.2, 0.25) is 5.91 Å². The molecule has 2 heterocycles. The predicted molar refractivity (Wildman–Crippen MR) is 81.0 cm³/mol. The number of benzene rings is 1. The maximum Gasteiger partial charge on any atom is 0.227 e. The van der Waals surface area contributed by atoms with Gasteiger partial charge in [0.25, 0.3) is 0 Å². The van der Waals surface area contributed by atoms with E-state index in [0.717, 1.165) is 35.6 Å². The number of aryl methyl sites for hydroxylation is 1. The van der Waals surface area contributed by atoms with Gasteiger partial charge in [-0.1, -0.05) is 23.7 Å². The van der Waals surface area contributed by atoms with Gasteiger partial charge in [-0.2, -0.15) is 0 Å². The summed E-state index contributed by atoms with van der Waals surface area (Å²) < 4.78 is 0. The minimum atomic E-state index is 0.128. The van der Waals surface area contributed by atoms with Crippen LogP contribution in [0.1, 0.15) is 22.6 Å². The van der Waals surface area contributed by atoms with Crippen LogP contribution in [0.5, 0.6) is 0 Å². The lowest BCUT2D eigenvalue weighted by atomic mass is 10.1. The van der Waals surface area contributed by atoms with E-state index in [1.165, 1.54) is 0 Å². The molecule has 0 radical (unpaired) electrons. The first-order valence-corrected chi connectivity index (χ1v) is 7.33. The zero-order valence-electron chi connectivity index (χ0n) is 11.8. The zero-order chi connectivity index (χ0) is 14.8. The second-order valence-corrected chi connectivity index (χ2v) is 5.69. The number of halogens is 1. The van der Waals surface area contributed by atoms with Crippen LogP contribution in [0.3, 0.4) is 0 Å². The van der Waals surface area contributed by atoms with Crippen LogP contribution in [0.2, 0.25) is 5.02 Å². The third-order valence-corrected chi connectivity index (χ3v) is 3.93. The van der Waals surface area contributed by atoms with Crippen molar-refractivity contribution < 1.29 is 4.79 Å². The Bertz CT molecular complexity index is 670. The number of rotatable bonds is 2. The molecule has 21 heavy (non-hydrogen) atoms. The molecule has 0 bridgehead atoms. The van der Waals surface area contributed by atoms with Crippen molar-refractivity contribution in [3.63, 3.8) is 0 Å². The second-order valence-electron chi connectivity index (χ2n) is 5.26. The van der Waals surface area contributed by atoms with Gasteiger partial charge in [0, 0.05) is 36.3 Å². The molecule has 0 spiro atoms. The molecule has 0 saturated carbocycles. The molecule has 2 aromatic rings. The van der Waals surface area contributed by atoms with Crippen LogP contribution in [-0.2, 0) is 24.2 Å². The molecule has 1 aromatic heterocycles. The number of hydrogen-bond acceptors (Lipinski definition) is 3. The van der Waals surface area contributed by atoms with Crippen LogP contribution >= 0.6 is 11.6 Å². The van der Waals surface area contributed by atoms with Gasteiger partial charge in [-0.25, -0.2) is 9.97 Å². The Kier molecular flexibility index (Phi) is 3.88. The number of carbonyl (C=O) groups excluding carboxylic acids is 1. The van der Waals surface area contributed by atoms with Crippen LogP contribution in [0.4, 0.5) is 0 Å². The van der Waals surface area contributed by atoms with Crippen LogP contribution in [0, 0.1) is 6.92 Å². The van der Waals surface area contributed by atoms with Crippen molar-refractivity contribution in [3.8, 4) is 0 Å². The molecule has 1 amide bonds. The Morgan fingerprint density at radius 1 is 1.33 bits per heavy atom. The molecule has 1 aromatic carbocycles. The largest absolute Gasteiger partial charge is 0.338 e. The zero-order valence-corrected chi connectivity index (χ0v) is 12.6. The van der Waals surface area contributed by atoms with Gasteiger partial charge in [-0.3, -0.25) is 4.79 Å². The minimum Gasteiger partial charge on any atom is -0.338 e. The maximum atomic E-state index is 12.4. The molecule has 0 fully saturated rings. The van der Waals surface area contributed by atoms with Crippen molar-refractivity contribution in [3.05, 3.63) is 58.1 Å². The number of aromatic nitrogens is 2. The van der Waals surface area contributed by atoms with Gasteiger partial charge < -0.3 is 4.90 Å². The molecule has 3 rings (SSSR count). The van der Waals surface area contributed by atoms with Gasteiger partial charge in [0.1, 0.15) is 5.82 Å². The van der Waals surface area contributed by atoms with Gasteiger partial charge in [0.15, 0.2) is 0 Å². The fourth-order valence-corrected chi connectivity index (χ4v) is 2.64. The lowest BCUT2D eigenvalue weighted by Gasteiger charge is -2.28. The third-order valence-electron chi connectivity index (χ3n) is 3.68. The fourth-order valence-electron chi connectivity index (χ4n) is 2.52. The first-order chi connectivity index (χ1) is 10.1. The molecule has 0 aliphatic carbocycles. The molecule has 1 aliphatic rings. The van der Waals surface area contributed by atoms with Gasteiger partial charge in [-0.05, 0) is 24.6 Å². The number of nitrogens with zero attached hydrogens (tertiary/aromatic N) is 3. The molecular weight excluding hydrogens is 286 g/mol. The molecule has 4 nitrogen and oxygen atoms in total. The monoisotopic (exact) mass is 301 g/mol. The van der Waals surface area contributed by atoms with E-state index in [1.54, 1.807) is 0 Å². The summed E-state index contributed by atoms with van der Waals surface area (Å²) >= 11 is 5.86. The molecule has 1 aliphatic heterocycles. The van der Waals surface area contributed by atoms with E-state index >= 15 is 0 Å². The standard InChI is InChI=1S/C16H16ClN3O/c1-11-18-9-13-10-20(7-6-15(13)19-11)16(21)8-12-2-4-14(17)5-3-12/h2-5,9H,6-8,10H2,1H3. The number of carbonyl (C=O) groups is 1. The Hall–Kier alpha value is -1.94. The smallest absolute Gasteiger partial charge is 0.227 e. The van der Waals surface area contributed by atoms with Crippen molar-refractivity contribution in [1.29, 1.82) is 0 Å². The van der Waals surface area contributed by atoms with Crippen LogP contribution in [0.25, 0.3) is 0 Å².